The molecule has 0 heterocycles. The SMILES string of the molecule is CC(C)C[C@H](Br)C(=O)Cl. The Labute approximate surface area is 68.9 Å². The summed E-state index contributed by atoms with van der Waals surface area (Å²) in [6, 6.07) is 0. The lowest BCUT2D eigenvalue weighted by atomic mass is 10.1. The van der Waals surface area contributed by atoms with Gasteiger partial charge in [-0.2, -0.15) is 0 Å². The third-order valence-corrected chi connectivity index (χ3v) is 2.24. The molecule has 0 aliphatic heterocycles. The lowest BCUT2D eigenvalue weighted by Gasteiger charge is -2.05. The van der Waals surface area contributed by atoms with Crippen LogP contribution in [0.5, 0.6) is 0 Å². The minimum absolute atomic E-state index is 0.167. The first-order valence-electron chi connectivity index (χ1n) is 2.87. The maximum Gasteiger partial charge on any atom is 0.235 e. The topological polar surface area (TPSA) is 17.1 Å². The van der Waals surface area contributed by atoms with E-state index in [1.54, 1.807) is 0 Å². The van der Waals surface area contributed by atoms with E-state index in [0.717, 1.165) is 6.42 Å². The average molecular weight is 214 g/mol. The normalized spacial score (nSPS) is 13.9. The van der Waals surface area contributed by atoms with Crippen LogP contribution in [0.25, 0.3) is 0 Å². The molecule has 0 N–H and O–H groups in total. The zero-order chi connectivity index (χ0) is 7.44. The van der Waals surface area contributed by atoms with Crippen molar-refractivity contribution in [3.63, 3.8) is 0 Å². The smallest absolute Gasteiger partial charge is 0.235 e. The number of halogens is 2. The molecule has 0 saturated carbocycles. The van der Waals surface area contributed by atoms with Gasteiger partial charge in [0.05, 0.1) is 4.83 Å². The summed E-state index contributed by atoms with van der Waals surface area (Å²) < 4.78 is 0. The first-order valence-corrected chi connectivity index (χ1v) is 4.16. The van der Waals surface area contributed by atoms with Crippen LogP contribution in [0, 0.1) is 5.92 Å². The van der Waals surface area contributed by atoms with Crippen LogP contribution < -0.4 is 0 Å². The zero-order valence-corrected chi connectivity index (χ0v) is 7.87. The van der Waals surface area contributed by atoms with E-state index >= 15 is 0 Å². The molecule has 0 aliphatic carbocycles. The Kier molecular flexibility index (Phi) is 4.50. The first kappa shape index (κ1) is 9.44. The zero-order valence-electron chi connectivity index (χ0n) is 5.53. The van der Waals surface area contributed by atoms with Gasteiger partial charge in [0.25, 0.3) is 0 Å². The minimum atomic E-state index is -0.302. The van der Waals surface area contributed by atoms with Crippen LogP contribution in [0.15, 0.2) is 0 Å². The Balaban J connectivity index is 3.50. The van der Waals surface area contributed by atoms with E-state index < -0.39 is 0 Å². The van der Waals surface area contributed by atoms with Gasteiger partial charge in [-0.1, -0.05) is 29.8 Å². The van der Waals surface area contributed by atoms with Crippen LogP contribution in [0.4, 0.5) is 0 Å². The minimum Gasteiger partial charge on any atom is -0.280 e. The molecule has 1 atom stereocenters. The molecule has 54 valence electrons. The number of carbonyl (C=O) groups is 1. The summed E-state index contributed by atoms with van der Waals surface area (Å²) in [6.07, 6.45) is 0.808. The third-order valence-electron chi connectivity index (χ3n) is 0.925. The van der Waals surface area contributed by atoms with E-state index in [4.69, 9.17) is 11.6 Å². The van der Waals surface area contributed by atoms with Gasteiger partial charge in [-0.3, -0.25) is 4.79 Å². The van der Waals surface area contributed by atoms with Crippen LogP contribution in [-0.2, 0) is 4.79 Å². The summed E-state index contributed by atoms with van der Waals surface area (Å²) in [6.45, 7) is 4.10. The van der Waals surface area contributed by atoms with E-state index in [1.165, 1.54) is 0 Å². The summed E-state index contributed by atoms with van der Waals surface area (Å²) >= 11 is 8.35. The van der Waals surface area contributed by atoms with E-state index in [2.05, 4.69) is 15.9 Å². The summed E-state index contributed by atoms with van der Waals surface area (Å²) in [5, 5.41) is -0.302. The molecule has 0 spiro atoms. The third kappa shape index (κ3) is 4.91. The summed E-state index contributed by atoms with van der Waals surface area (Å²) in [4.78, 5) is 10.2. The molecule has 0 aliphatic rings. The van der Waals surface area contributed by atoms with Crippen LogP contribution in [0.2, 0.25) is 0 Å². The van der Waals surface area contributed by atoms with Crippen molar-refractivity contribution < 1.29 is 4.79 Å². The van der Waals surface area contributed by atoms with E-state index in [1.807, 2.05) is 13.8 Å². The number of carbonyl (C=O) groups excluding carboxylic acids is 1. The number of hydrogen-bond donors (Lipinski definition) is 0. The van der Waals surface area contributed by atoms with E-state index in [-0.39, 0.29) is 10.1 Å². The second kappa shape index (κ2) is 4.29. The molecule has 0 saturated heterocycles. The summed E-state index contributed by atoms with van der Waals surface area (Å²) in [5.41, 5.74) is 0. The van der Waals surface area contributed by atoms with Gasteiger partial charge >= 0.3 is 0 Å². The highest BCUT2D eigenvalue weighted by Crippen LogP contribution is 2.14. The van der Waals surface area contributed by atoms with E-state index in [9.17, 15) is 4.79 Å². The van der Waals surface area contributed by atoms with Gasteiger partial charge in [-0.15, -0.1) is 0 Å². The Morgan fingerprint density at radius 1 is 1.67 bits per heavy atom. The van der Waals surface area contributed by atoms with Gasteiger partial charge in [-0.25, -0.2) is 0 Å². The molecule has 0 unspecified atom stereocenters. The van der Waals surface area contributed by atoms with Crippen LogP contribution in [0.1, 0.15) is 20.3 Å². The number of alkyl halides is 1. The highest BCUT2D eigenvalue weighted by atomic mass is 79.9. The Bertz CT molecular complexity index is 103. The van der Waals surface area contributed by atoms with Crippen molar-refractivity contribution in [1.29, 1.82) is 0 Å². The highest BCUT2D eigenvalue weighted by molar-refractivity contribution is 9.10. The fourth-order valence-electron chi connectivity index (χ4n) is 0.507. The molecule has 0 fully saturated rings. The van der Waals surface area contributed by atoms with Crippen molar-refractivity contribution in [3.8, 4) is 0 Å². The highest BCUT2D eigenvalue weighted by Gasteiger charge is 2.12. The average Bonchev–Trinajstić information content (AvgIpc) is 1.63. The molecule has 0 aromatic heterocycles. The van der Waals surface area contributed by atoms with Gasteiger partial charge in [0.1, 0.15) is 0 Å². The van der Waals surface area contributed by atoms with Crippen molar-refractivity contribution in [2.45, 2.75) is 25.1 Å². The quantitative estimate of drug-likeness (QED) is 0.520. The van der Waals surface area contributed by atoms with Gasteiger partial charge < -0.3 is 0 Å². The molecule has 3 heteroatoms. The molecular weight excluding hydrogens is 203 g/mol. The molecular formula is C6H10BrClO. The van der Waals surface area contributed by atoms with Crippen molar-refractivity contribution in [2.75, 3.05) is 0 Å². The monoisotopic (exact) mass is 212 g/mol. The standard InChI is InChI=1S/C6H10BrClO/c1-4(2)3-5(7)6(8)9/h4-5H,3H2,1-2H3/t5-/m0/s1. The fourth-order valence-corrected chi connectivity index (χ4v) is 1.34. The van der Waals surface area contributed by atoms with Gasteiger partial charge in [0.15, 0.2) is 0 Å². The van der Waals surface area contributed by atoms with Crippen molar-refractivity contribution in [2.24, 2.45) is 5.92 Å². The van der Waals surface area contributed by atoms with Crippen LogP contribution in [-0.4, -0.2) is 10.1 Å². The Morgan fingerprint density at radius 2 is 2.11 bits per heavy atom. The number of hydrogen-bond acceptors (Lipinski definition) is 1. The molecule has 0 rings (SSSR count). The second-order valence-corrected chi connectivity index (χ2v) is 3.88. The predicted molar refractivity (Wildman–Crippen MR) is 43.0 cm³/mol. The summed E-state index contributed by atoms with van der Waals surface area (Å²) in [5.74, 6) is 0.511. The van der Waals surface area contributed by atoms with Crippen molar-refractivity contribution in [3.05, 3.63) is 0 Å². The molecule has 9 heavy (non-hydrogen) atoms. The molecule has 0 amide bonds. The van der Waals surface area contributed by atoms with E-state index in [0.29, 0.717) is 5.92 Å². The fraction of sp³-hybridized carbons (Fsp3) is 0.833. The Morgan fingerprint density at radius 3 is 2.22 bits per heavy atom. The first-order chi connectivity index (χ1) is 4.04. The van der Waals surface area contributed by atoms with Crippen molar-refractivity contribution >= 4 is 32.8 Å². The molecule has 1 nitrogen and oxygen atoms in total. The van der Waals surface area contributed by atoms with Gasteiger partial charge in [0, 0.05) is 0 Å². The maximum absolute atomic E-state index is 10.4. The molecule has 0 bridgehead atoms. The lowest BCUT2D eigenvalue weighted by molar-refractivity contribution is -0.111. The van der Waals surface area contributed by atoms with Gasteiger partial charge in [0.2, 0.25) is 5.24 Å². The number of rotatable bonds is 3. The largest absolute Gasteiger partial charge is 0.280 e. The predicted octanol–water partition coefficient (Wildman–Crippen LogP) is 2.56. The Hall–Kier alpha value is 0.440. The van der Waals surface area contributed by atoms with Gasteiger partial charge in [-0.05, 0) is 23.9 Å². The van der Waals surface area contributed by atoms with Crippen LogP contribution >= 0.6 is 27.5 Å². The van der Waals surface area contributed by atoms with Crippen molar-refractivity contribution in [1.82, 2.24) is 0 Å². The lowest BCUT2D eigenvalue weighted by Crippen LogP contribution is -2.09. The molecule has 0 radical (unpaired) electrons. The second-order valence-electron chi connectivity index (χ2n) is 2.40. The maximum atomic E-state index is 10.4. The molecule has 0 aromatic carbocycles. The molecule has 0 aromatic rings. The summed E-state index contributed by atoms with van der Waals surface area (Å²) in [7, 11) is 0. The van der Waals surface area contributed by atoms with Crippen LogP contribution in [0.3, 0.4) is 0 Å².